The summed E-state index contributed by atoms with van der Waals surface area (Å²) in [4.78, 5) is 28.5. The highest BCUT2D eigenvalue weighted by Crippen LogP contribution is 2.24. The summed E-state index contributed by atoms with van der Waals surface area (Å²) in [5.41, 5.74) is 3.14. The van der Waals surface area contributed by atoms with Crippen molar-refractivity contribution in [1.82, 2.24) is 19.6 Å². The smallest absolute Gasteiger partial charge is 0.257 e. The van der Waals surface area contributed by atoms with Crippen LogP contribution in [0.3, 0.4) is 0 Å². The third kappa shape index (κ3) is 4.22. The highest BCUT2D eigenvalue weighted by Gasteiger charge is 2.29. The zero-order valence-electron chi connectivity index (χ0n) is 16.9. The molecule has 0 spiro atoms. The Labute approximate surface area is 171 Å². The Morgan fingerprint density at radius 2 is 1.79 bits per heavy atom. The van der Waals surface area contributed by atoms with Crippen LogP contribution < -0.4 is 0 Å². The van der Waals surface area contributed by atoms with Gasteiger partial charge in [-0.1, -0.05) is 31.5 Å². The van der Waals surface area contributed by atoms with Gasteiger partial charge in [-0.2, -0.15) is 5.10 Å². The number of rotatable bonds is 4. The van der Waals surface area contributed by atoms with Crippen LogP contribution in [0.25, 0.3) is 5.69 Å². The van der Waals surface area contributed by atoms with Crippen molar-refractivity contribution < 1.29 is 9.59 Å². The number of halogens is 1. The molecule has 0 saturated carbocycles. The van der Waals surface area contributed by atoms with Gasteiger partial charge in [-0.15, -0.1) is 0 Å². The Balaban J connectivity index is 1.95. The standard InChI is InChI=1S/C21H27ClN4O2/c1-14(2)12-19-20(21(28)25-10-8-24(9-11-25)16(4)27)15(3)26(23-19)18-7-5-6-17(22)13-18/h5-7,13-14H,8-12H2,1-4H3. The minimum atomic E-state index is -0.00960. The van der Waals surface area contributed by atoms with Gasteiger partial charge >= 0.3 is 0 Å². The molecule has 0 unspecified atom stereocenters. The van der Waals surface area contributed by atoms with E-state index in [-0.39, 0.29) is 11.8 Å². The van der Waals surface area contributed by atoms with Crippen molar-refractivity contribution in [3.63, 3.8) is 0 Å². The fourth-order valence-corrected chi connectivity index (χ4v) is 3.79. The van der Waals surface area contributed by atoms with Gasteiger partial charge in [0.2, 0.25) is 5.91 Å². The average molecular weight is 403 g/mol. The lowest BCUT2D eigenvalue weighted by molar-refractivity contribution is -0.130. The maximum atomic E-state index is 13.4. The van der Waals surface area contributed by atoms with Crippen molar-refractivity contribution in [3.05, 3.63) is 46.2 Å². The van der Waals surface area contributed by atoms with Crippen LogP contribution in [0.1, 0.15) is 42.5 Å². The Morgan fingerprint density at radius 1 is 1.14 bits per heavy atom. The SMILES string of the molecule is CC(=O)N1CCN(C(=O)c2c(CC(C)C)nn(-c3cccc(Cl)c3)c2C)CC1. The van der Waals surface area contributed by atoms with E-state index in [2.05, 4.69) is 13.8 Å². The molecule has 0 aliphatic carbocycles. The number of amides is 2. The molecule has 1 saturated heterocycles. The van der Waals surface area contributed by atoms with Gasteiger partial charge in [0.15, 0.2) is 0 Å². The predicted octanol–water partition coefficient (Wildman–Crippen LogP) is 3.34. The number of nitrogens with zero attached hydrogens (tertiary/aromatic N) is 4. The van der Waals surface area contributed by atoms with Gasteiger partial charge in [0, 0.05) is 38.1 Å². The van der Waals surface area contributed by atoms with E-state index in [1.54, 1.807) is 11.8 Å². The molecule has 28 heavy (non-hydrogen) atoms. The van der Waals surface area contributed by atoms with E-state index < -0.39 is 0 Å². The molecule has 1 aliphatic rings. The average Bonchev–Trinajstić information content (AvgIpc) is 2.96. The van der Waals surface area contributed by atoms with E-state index in [0.717, 1.165) is 23.5 Å². The van der Waals surface area contributed by atoms with Gasteiger partial charge in [0.1, 0.15) is 0 Å². The van der Waals surface area contributed by atoms with Crippen LogP contribution in [0, 0.1) is 12.8 Å². The summed E-state index contributed by atoms with van der Waals surface area (Å²) in [6.07, 6.45) is 0.725. The third-order valence-electron chi connectivity index (χ3n) is 5.07. The minimum absolute atomic E-state index is 0.00960. The van der Waals surface area contributed by atoms with Crippen LogP contribution in [-0.4, -0.2) is 57.6 Å². The largest absolute Gasteiger partial charge is 0.339 e. The summed E-state index contributed by atoms with van der Waals surface area (Å²) in [6, 6.07) is 7.48. The first-order valence-electron chi connectivity index (χ1n) is 9.67. The second kappa shape index (κ2) is 8.35. The first-order valence-corrected chi connectivity index (χ1v) is 10.0. The molecule has 1 aromatic heterocycles. The monoisotopic (exact) mass is 402 g/mol. The first kappa shape index (κ1) is 20.4. The number of hydrogen-bond donors (Lipinski definition) is 0. The quantitative estimate of drug-likeness (QED) is 0.788. The van der Waals surface area contributed by atoms with Gasteiger partial charge in [0.05, 0.1) is 22.6 Å². The van der Waals surface area contributed by atoms with Crippen molar-refractivity contribution in [3.8, 4) is 5.69 Å². The van der Waals surface area contributed by atoms with Crippen LogP contribution in [0.5, 0.6) is 0 Å². The van der Waals surface area contributed by atoms with Crippen LogP contribution in [-0.2, 0) is 11.2 Å². The highest BCUT2D eigenvalue weighted by atomic mass is 35.5. The number of carbonyl (C=O) groups is 2. The maximum Gasteiger partial charge on any atom is 0.257 e. The molecule has 0 bridgehead atoms. The van der Waals surface area contributed by atoms with Crippen molar-refractivity contribution in [1.29, 1.82) is 0 Å². The Morgan fingerprint density at radius 3 is 2.36 bits per heavy atom. The second-order valence-corrected chi connectivity index (χ2v) is 8.13. The molecular weight excluding hydrogens is 376 g/mol. The Hall–Kier alpha value is -2.34. The summed E-state index contributed by atoms with van der Waals surface area (Å²) >= 11 is 6.15. The van der Waals surface area contributed by atoms with Crippen LogP contribution >= 0.6 is 11.6 Å². The lowest BCUT2D eigenvalue weighted by atomic mass is 10.0. The molecule has 1 fully saturated rings. The number of carbonyl (C=O) groups excluding carboxylic acids is 2. The Bertz CT molecular complexity index is 883. The van der Waals surface area contributed by atoms with Gasteiger partial charge < -0.3 is 9.80 Å². The van der Waals surface area contributed by atoms with Crippen molar-refractivity contribution in [2.24, 2.45) is 5.92 Å². The highest BCUT2D eigenvalue weighted by molar-refractivity contribution is 6.30. The second-order valence-electron chi connectivity index (χ2n) is 7.70. The summed E-state index contributed by atoms with van der Waals surface area (Å²) < 4.78 is 1.81. The van der Waals surface area contributed by atoms with Crippen molar-refractivity contribution in [2.45, 2.75) is 34.1 Å². The third-order valence-corrected chi connectivity index (χ3v) is 5.30. The molecule has 0 atom stereocenters. The van der Waals surface area contributed by atoms with E-state index in [1.165, 1.54) is 0 Å². The van der Waals surface area contributed by atoms with E-state index in [0.29, 0.717) is 42.7 Å². The van der Waals surface area contributed by atoms with Crippen LogP contribution in [0.4, 0.5) is 0 Å². The molecule has 2 heterocycles. The number of piperazine rings is 1. The first-order chi connectivity index (χ1) is 13.3. The van der Waals surface area contributed by atoms with E-state index in [1.807, 2.05) is 40.8 Å². The van der Waals surface area contributed by atoms with E-state index >= 15 is 0 Å². The molecular formula is C21H27ClN4O2. The lowest BCUT2D eigenvalue weighted by Crippen LogP contribution is -2.50. The number of aromatic nitrogens is 2. The molecule has 6 nitrogen and oxygen atoms in total. The minimum Gasteiger partial charge on any atom is -0.339 e. The molecule has 2 aromatic rings. The van der Waals surface area contributed by atoms with Crippen LogP contribution in [0.15, 0.2) is 24.3 Å². The van der Waals surface area contributed by atoms with Gasteiger partial charge in [0.25, 0.3) is 5.91 Å². The fourth-order valence-electron chi connectivity index (χ4n) is 3.61. The zero-order valence-corrected chi connectivity index (χ0v) is 17.7. The van der Waals surface area contributed by atoms with E-state index in [9.17, 15) is 9.59 Å². The summed E-state index contributed by atoms with van der Waals surface area (Å²) in [6.45, 7) is 9.96. The van der Waals surface area contributed by atoms with Crippen molar-refractivity contribution in [2.75, 3.05) is 26.2 Å². The normalized spacial score (nSPS) is 14.6. The summed E-state index contributed by atoms with van der Waals surface area (Å²) in [7, 11) is 0. The van der Waals surface area contributed by atoms with Crippen molar-refractivity contribution >= 4 is 23.4 Å². The lowest BCUT2D eigenvalue weighted by Gasteiger charge is -2.34. The molecule has 7 heteroatoms. The molecule has 3 rings (SSSR count). The summed E-state index contributed by atoms with van der Waals surface area (Å²) in [5, 5.41) is 5.40. The molecule has 1 aliphatic heterocycles. The van der Waals surface area contributed by atoms with Gasteiger partial charge in [-0.05, 0) is 37.5 Å². The Kier molecular flexibility index (Phi) is 6.08. The van der Waals surface area contributed by atoms with E-state index in [4.69, 9.17) is 16.7 Å². The molecule has 150 valence electrons. The molecule has 0 N–H and O–H groups in total. The van der Waals surface area contributed by atoms with Gasteiger partial charge in [-0.3, -0.25) is 9.59 Å². The van der Waals surface area contributed by atoms with Crippen LogP contribution in [0.2, 0.25) is 5.02 Å². The summed E-state index contributed by atoms with van der Waals surface area (Å²) in [5.74, 6) is 0.422. The van der Waals surface area contributed by atoms with Gasteiger partial charge in [-0.25, -0.2) is 4.68 Å². The zero-order chi connectivity index (χ0) is 20.4. The number of hydrogen-bond acceptors (Lipinski definition) is 3. The molecule has 2 amide bonds. The fraction of sp³-hybridized carbons (Fsp3) is 0.476. The number of benzene rings is 1. The predicted molar refractivity (Wildman–Crippen MR) is 110 cm³/mol. The topological polar surface area (TPSA) is 58.4 Å². The molecule has 0 radical (unpaired) electrons. The maximum absolute atomic E-state index is 13.4. The molecule has 1 aromatic carbocycles.